The van der Waals surface area contributed by atoms with Gasteiger partial charge in [0.05, 0.1) is 12.5 Å². The van der Waals surface area contributed by atoms with Crippen molar-refractivity contribution in [3.8, 4) is 22.6 Å². The third kappa shape index (κ3) is 3.45. The molecule has 27 heavy (non-hydrogen) atoms. The molecule has 0 saturated carbocycles. The minimum atomic E-state index is -1.28. The molecule has 3 rings (SSSR count). The number of aliphatic carboxylic acids is 1. The Balaban J connectivity index is 2.17. The van der Waals surface area contributed by atoms with Gasteiger partial charge in [0.1, 0.15) is 23.6 Å². The number of hydrogen-bond acceptors (Lipinski definition) is 6. The number of rotatable bonds is 5. The molecule has 0 fully saturated rings. The molecule has 0 radical (unpaired) electrons. The Bertz CT molecular complexity index is 1100. The molecule has 8 heteroatoms. The average Bonchev–Trinajstić information content (AvgIpc) is 2.66. The summed E-state index contributed by atoms with van der Waals surface area (Å²) >= 11 is 0. The van der Waals surface area contributed by atoms with Crippen LogP contribution in [0, 0.1) is 0 Å². The van der Waals surface area contributed by atoms with E-state index in [1.165, 1.54) is 13.2 Å². The van der Waals surface area contributed by atoms with Crippen molar-refractivity contribution in [2.24, 2.45) is 0 Å². The number of para-hydroxylation sites is 1. The zero-order valence-electron chi connectivity index (χ0n) is 14.2. The van der Waals surface area contributed by atoms with Gasteiger partial charge in [-0.2, -0.15) is 0 Å². The summed E-state index contributed by atoms with van der Waals surface area (Å²) in [5.41, 5.74) is -0.408. The summed E-state index contributed by atoms with van der Waals surface area (Å²) in [7, 11) is 1.52. The minimum absolute atomic E-state index is 0.100. The fourth-order valence-electron chi connectivity index (χ4n) is 2.67. The largest absolute Gasteiger partial charge is 0.506 e. The van der Waals surface area contributed by atoms with E-state index in [0.717, 1.165) is 0 Å². The number of carboxylic acid groups (broad SMARTS) is 1. The molecule has 0 bridgehead atoms. The van der Waals surface area contributed by atoms with E-state index in [4.69, 9.17) is 14.3 Å². The van der Waals surface area contributed by atoms with Crippen molar-refractivity contribution < 1.29 is 29.0 Å². The summed E-state index contributed by atoms with van der Waals surface area (Å²) in [4.78, 5) is 34.9. The van der Waals surface area contributed by atoms with Gasteiger partial charge in [-0.1, -0.05) is 24.3 Å². The first-order valence-electron chi connectivity index (χ1n) is 7.85. The van der Waals surface area contributed by atoms with E-state index in [9.17, 15) is 19.5 Å². The molecule has 0 spiro atoms. The van der Waals surface area contributed by atoms with Crippen LogP contribution in [0.4, 0.5) is 0 Å². The zero-order chi connectivity index (χ0) is 19.6. The molecule has 0 aliphatic rings. The van der Waals surface area contributed by atoms with Crippen molar-refractivity contribution in [1.29, 1.82) is 0 Å². The number of amides is 1. The molecular formula is C19H15NO7. The Hall–Kier alpha value is -3.81. The van der Waals surface area contributed by atoms with E-state index >= 15 is 0 Å². The maximum absolute atomic E-state index is 12.3. The molecule has 1 heterocycles. The molecule has 0 atom stereocenters. The van der Waals surface area contributed by atoms with Gasteiger partial charge in [-0.05, 0) is 23.8 Å². The quantitative estimate of drug-likeness (QED) is 0.587. The van der Waals surface area contributed by atoms with E-state index in [2.05, 4.69) is 0 Å². The van der Waals surface area contributed by atoms with E-state index in [0.29, 0.717) is 16.9 Å². The van der Waals surface area contributed by atoms with Gasteiger partial charge in [-0.3, -0.25) is 9.59 Å². The van der Waals surface area contributed by atoms with Crippen molar-refractivity contribution in [3.05, 3.63) is 58.4 Å². The standard InChI is InChI=1S/C19H15NO7/c1-26-11-5-2-4-10(8-11)12-6-3-7-13-16(23)15(19(25)27-17(12)13)18(24)20-9-14(21)22/h2-8,23H,9H2,1H3,(H,20,24)(H,21,22). The summed E-state index contributed by atoms with van der Waals surface area (Å²) in [6.07, 6.45) is 0. The third-order valence-corrected chi connectivity index (χ3v) is 3.91. The molecule has 0 saturated heterocycles. The highest BCUT2D eigenvalue weighted by Crippen LogP contribution is 2.34. The zero-order valence-corrected chi connectivity index (χ0v) is 14.2. The molecule has 0 aliphatic heterocycles. The van der Waals surface area contributed by atoms with Gasteiger partial charge >= 0.3 is 11.6 Å². The molecule has 0 unspecified atom stereocenters. The maximum Gasteiger partial charge on any atom is 0.353 e. The van der Waals surface area contributed by atoms with Gasteiger partial charge in [0.15, 0.2) is 5.56 Å². The maximum atomic E-state index is 12.3. The number of methoxy groups -OCH3 is 1. The second-order valence-corrected chi connectivity index (χ2v) is 5.60. The number of hydrogen-bond donors (Lipinski definition) is 3. The first-order valence-corrected chi connectivity index (χ1v) is 7.85. The number of aromatic hydroxyl groups is 1. The summed E-state index contributed by atoms with van der Waals surface area (Å²) in [6, 6.07) is 11.9. The predicted molar refractivity (Wildman–Crippen MR) is 96.1 cm³/mol. The van der Waals surface area contributed by atoms with Crippen LogP contribution in [-0.4, -0.2) is 35.7 Å². The summed E-state index contributed by atoms with van der Waals surface area (Å²) in [6.45, 7) is -0.695. The number of nitrogens with one attached hydrogen (secondary N) is 1. The topological polar surface area (TPSA) is 126 Å². The highest BCUT2D eigenvalue weighted by atomic mass is 16.5. The lowest BCUT2D eigenvalue weighted by Gasteiger charge is -2.10. The molecule has 1 aromatic heterocycles. The van der Waals surface area contributed by atoms with Crippen molar-refractivity contribution in [2.75, 3.05) is 13.7 Å². The number of carbonyl (C=O) groups is 2. The fraction of sp³-hybridized carbons (Fsp3) is 0.105. The molecule has 3 aromatic rings. The van der Waals surface area contributed by atoms with E-state index in [-0.39, 0.29) is 11.0 Å². The smallest absolute Gasteiger partial charge is 0.353 e. The molecule has 0 aliphatic carbocycles. The van der Waals surface area contributed by atoms with Crippen LogP contribution < -0.4 is 15.7 Å². The monoisotopic (exact) mass is 369 g/mol. The van der Waals surface area contributed by atoms with Crippen LogP contribution >= 0.6 is 0 Å². The van der Waals surface area contributed by atoms with Crippen molar-refractivity contribution in [2.45, 2.75) is 0 Å². The van der Waals surface area contributed by atoms with Crippen molar-refractivity contribution in [3.63, 3.8) is 0 Å². The van der Waals surface area contributed by atoms with Crippen LogP contribution in [0.5, 0.6) is 11.5 Å². The molecule has 1 amide bonds. The van der Waals surface area contributed by atoms with Crippen LogP contribution in [0.15, 0.2) is 51.7 Å². The molecular weight excluding hydrogens is 354 g/mol. The number of ether oxygens (including phenoxy) is 1. The van der Waals surface area contributed by atoms with Gasteiger partial charge < -0.3 is 24.7 Å². The Morgan fingerprint density at radius 2 is 1.93 bits per heavy atom. The lowest BCUT2D eigenvalue weighted by Crippen LogP contribution is -2.32. The van der Waals surface area contributed by atoms with Crippen LogP contribution in [-0.2, 0) is 4.79 Å². The normalized spacial score (nSPS) is 10.6. The van der Waals surface area contributed by atoms with E-state index in [1.54, 1.807) is 36.4 Å². The van der Waals surface area contributed by atoms with Gasteiger partial charge in [0, 0.05) is 5.56 Å². The van der Waals surface area contributed by atoms with E-state index in [1.807, 2.05) is 5.32 Å². The van der Waals surface area contributed by atoms with Crippen LogP contribution in [0.2, 0.25) is 0 Å². The minimum Gasteiger partial charge on any atom is -0.506 e. The number of fused-ring (bicyclic) bond motifs is 1. The van der Waals surface area contributed by atoms with Crippen LogP contribution in [0.1, 0.15) is 10.4 Å². The second-order valence-electron chi connectivity index (χ2n) is 5.60. The van der Waals surface area contributed by atoms with Crippen LogP contribution in [0.25, 0.3) is 22.1 Å². The van der Waals surface area contributed by atoms with Gasteiger partial charge in [0.25, 0.3) is 5.91 Å². The molecule has 2 aromatic carbocycles. The second kappa shape index (κ2) is 7.20. The van der Waals surface area contributed by atoms with Crippen molar-refractivity contribution >= 4 is 22.8 Å². The molecule has 3 N–H and O–H groups in total. The summed E-state index contributed by atoms with van der Waals surface area (Å²) in [5, 5.41) is 21.3. The lowest BCUT2D eigenvalue weighted by atomic mass is 10.0. The van der Waals surface area contributed by atoms with Gasteiger partial charge in [-0.25, -0.2) is 4.79 Å². The molecule has 8 nitrogen and oxygen atoms in total. The first kappa shape index (κ1) is 18.0. The predicted octanol–water partition coefficient (Wildman–Crippen LogP) is 1.99. The number of carbonyl (C=O) groups excluding carboxylic acids is 1. The van der Waals surface area contributed by atoms with E-state index < -0.39 is 35.4 Å². The van der Waals surface area contributed by atoms with Gasteiger partial charge in [0.2, 0.25) is 0 Å². The average molecular weight is 369 g/mol. The highest BCUT2D eigenvalue weighted by Gasteiger charge is 2.22. The Morgan fingerprint density at radius 1 is 1.19 bits per heavy atom. The lowest BCUT2D eigenvalue weighted by molar-refractivity contribution is -0.135. The Morgan fingerprint density at radius 3 is 2.63 bits per heavy atom. The number of carboxylic acids is 1. The van der Waals surface area contributed by atoms with Crippen molar-refractivity contribution in [1.82, 2.24) is 5.32 Å². The van der Waals surface area contributed by atoms with Crippen LogP contribution in [0.3, 0.4) is 0 Å². The first-order chi connectivity index (χ1) is 12.9. The Kier molecular flexibility index (Phi) is 4.80. The summed E-state index contributed by atoms with van der Waals surface area (Å²) in [5.74, 6) is -2.29. The SMILES string of the molecule is COc1cccc(-c2cccc3c(O)c(C(=O)NCC(=O)O)c(=O)oc23)c1. The third-order valence-electron chi connectivity index (χ3n) is 3.91. The molecule has 138 valence electrons. The number of benzene rings is 2. The Labute approximate surface area is 152 Å². The highest BCUT2D eigenvalue weighted by molar-refractivity contribution is 6.04. The fourth-order valence-corrected chi connectivity index (χ4v) is 2.67. The summed E-state index contributed by atoms with van der Waals surface area (Å²) < 4.78 is 10.5. The van der Waals surface area contributed by atoms with Gasteiger partial charge in [-0.15, -0.1) is 0 Å².